The Balaban J connectivity index is 2.26. The second-order valence-electron chi connectivity index (χ2n) is 3.69. The lowest BCUT2D eigenvalue weighted by atomic mass is 10.2. The smallest absolute Gasteiger partial charge is 0.0864 e. The van der Waals surface area contributed by atoms with Crippen molar-refractivity contribution in [3.63, 3.8) is 0 Å². The molecular weight excluding hydrogens is 236 g/mol. The molecule has 0 aliphatic heterocycles. The summed E-state index contributed by atoms with van der Waals surface area (Å²) in [6.45, 7) is -0.234. The standard InChI is InChI=1S/C12H14N2O2S/c13-12-9-2-1-5-14-10(9)3-4-11(12)17-7-8(16)6-15/h1-5,8,15-16H,6-7,13H2. The molecule has 1 aromatic carbocycles. The summed E-state index contributed by atoms with van der Waals surface area (Å²) in [5.41, 5.74) is 7.57. The molecule has 1 unspecified atom stereocenters. The molecule has 2 rings (SSSR count). The van der Waals surface area contributed by atoms with E-state index in [1.165, 1.54) is 11.8 Å². The zero-order valence-electron chi connectivity index (χ0n) is 9.21. The Morgan fingerprint density at radius 2 is 2.18 bits per heavy atom. The minimum atomic E-state index is -0.719. The lowest BCUT2D eigenvalue weighted by molar-refractivity contribution is 0.113. The minimum absolute atomic E-state index is 0.234. The maximum Gasteiger partial charge on any atom is 0.0864 e. The van der Waals surface area contributed by atoms with Gasteiger partial charge < -0.3 is 15.9 Å². The van der Waals surface area contributed by atoms with Crippen LogP contribution in [0, 0.1) is 0 Å². The molecule has 0 aliphatic rings. The van der Waals surface area contributed by atoms with E-state index in [0.717, 1.165) is 15.8 Å². The molecule has 0 saturated carbocycles. The van der Waals surface area contributed by atoms with Gasteiger partial charge in [-0.15, -0.1) is 11.8 Å². The highest BCUT2D eigenvalue weighted by atomic mass is 32.2. The molecule has 90 valence electrons. The number of nitrogen functional groups attached to an aromatic ring is 1. The summed E-state index contributed by atoms with van der Waals surface area (Å²) in [6.07, 6.45) is 1.01. The first-order chi connectivity index (χ1) is 8.22. The summed E-state index contributed by atoms with van der Waals surface area (Å²) < 4.78 is 0. The molecule has 0 fully saturated rings. The van der Waals surface area contributed by atoms with Gasteiger partial charge >= 0.3 is 0 Å². The van der Waals surface area contributed by atoms with Crippen LogP contribution in [0.1, 0.15) is 0 Å². The van der Waals surface area contributed by atoms with Crippen molar-refractivity contribution in [2.75, 3.05) is 18.1 Å². The van der Waals surface area contributed by atoms with Crippen LogP contribution in [0.2, 0.25) is 0 Å². The summed E-state index contributed by atoms with van der Waals surface area (Å²) in [4.78, 5) is 5.12. The first-order valence-electron chi connectivity index (χ1n) is 5.27. The highest BCUT2D eigenvalue weighted by Crippen LogP contribution is 2.31. The first-order valence-corrected chi connectivity index (χ1v) is 6.26. The van der Waals surface area contributed by atoms with Gasteiger partial charge in [-0.1, -0.05) is 0 Å². The summed E-state index contributed by atoms with van der Waals surface area (Å²) >= 11 is 1.43. The van der Waals surface area contributed by atoms with Gasteiger partial charge in [0.15, 0.2) is 0 Å². The van der Waals surface area contributed by atoms with Gasteiger partial charge in [-0.3, -0.25) is 4.98 Å². The van der Waals surface area contributed by atoms with Crippen molar-refractivity contribution in [1.82, 2.24) is 4.98 Å². The number of hydrogen-bond acceptors (Lipinski definition) is 5. The number of hydrogen-bond donors (Lipinski definition) is 3. The molecule has 1 atom stereocenters. The average molecular weight is 250 g/mol. The number of benzene rings is 1. The highest BCUT2D eigenvalue weighted by Gasteiger charge is 2.08. The van der Waals surface area contributed by atoms with Gasteiger partial charge in [-0.25, -0.2) is 0 Å². The highest BCUT2D eigenvalue weighted by molar-refractivity contribution is 7.99. The summed E-state index contributed by atoms with van der Waals surface area (Å²) in [7, 11) is 0. The van der Waals surface area contributed by atoms with Gasteiger partial charge in [0.2, 0.25) is 0 Å². The molecule has 0 spiro atoms. The van der Waals surface area contributed by atoms with E-state index in [0.29, 0.717) is 11.4 Å². The molecule has 1 heterocycles. The number of aromatic nitrogens is 1. The van der Waals surface area contributed by atoms with Crippen LogP contribution < -0.4 is 5.73 Å². The van der Waals surface area contributed by atoms with Crippen LogP contribution in [0.3, 0.4) is 0 Å². The van der Waals surface area contributed by atoms with Crippen molar-refractivity contribution in [3.8, 4) is 0 Å². The molecule has 4 nitrogen and oxygen atoms in total. The van der Waals surface area contributed by atoms with Crippen LogP contribution in [-0.4, -0.2) is 33.7 Å². The molecule has 0 amide bonds. The van der Waals surface area contributed by atoms with Crippen LogP contribution in [0.25, 0.3) is 10.9 Å². The Bertz CT molecular complexity index is 519. The largest absolute Gasteiger partial charge is 0.397 e. The van der Waals surface area contributed by atoms with E-state index in [9.17, 15) is 5.11 Å². The van der Waals surface area contributed by atoms with Crippen molar-refractivity contribution in [2.24, 2.45) is 0 Å². The van der Waals surface area contributed by atoms with E-state index in [-0.39, 0.29) is 6.61 Å². The zero-order chi connectivity index (χ0) is 12.3. The summed E-state index contributed by atoms with van der Waals surface area (Å²) in [5.74, 6) is 0.423. The van der Waals surface area contributed by atoms with E-state index in [4.69, 9.17) is 10.8 Å². The quantitative estimate of drug-likeness (QED) is 0.562. The fourth-order valence-electron chi connectivity index (χ4n) is 1.52. The summed E-state index contributed by atoms with van der Waals surface area (Å²) in [6, 6.07) is 7.55. The number of fused-ring (bicyclic) bond motifs is 1. The number of aliphatic hydroxyl groups is 2. The maximum atomic E-state index is 9.30. The third-order valence-corrected chi connectivity index (χ3v) is 3.65. The zero-order valence-corrected chi connectivity index (χ0v) is 10.0. The lowest BCUT2D eigenvalue weighted by Gasteiger charge is -2.10. The molecule has 2 aromatic rings. The Labute approximate surface area is 103 Å². The Hall–Kier alpha value is -1.30. The normalized spacial score (nSPS) is 12.8. The monoisotopic (exact) mass is 250 g/mol. The fourth-order valence-corrected chi connectivity index (χ4v) is 2.43. The van der Waals surface area contributed by atoms with Crippen LogP contribution in [0.15, 0.2) is 35.4 Å². The second kappa shape index (κ2) is 5.35. The van der Waals surface area contributed by atoms with Gasteiger partial charge in [0.1, 0.15) is 0 Å². The predicted octanol–water partition coefficient (Wildman–Crippen LogP) is 1.26. The fraction of sp³-hybridized carbons (Fsp3) is 0.250. The summed E-state index contributed by atoms with van der Waals surface area (Å²) in [5, 5.41) is 19.0. The van der Waals surface area contributed by atoms with Gasteiger partial charge in [0.25, 0.3) is 0 Å². The molecule has 5 heteroatoms. The van der Waals surface area contributed by atoms with Crippen molar-refractivity contribution in [1.29, 1.82) is 0 Å². The van der Waals surface area contributed by atoms with Gasteiger partial charge in [0.05, 0.1) is 23.9 Å². The average Bonchev–Trinajstić information content (AvgIpc) is 2.38. The van der Waals surface area contributed by atoms with E-state index >= 15 is 0 Å². The van der Waals surface area contributed by atoms with E-state index in [2.05, 4.69) is 4.98 Å². The van der Waals surface area contributed by atoms with Gasteiger partial charge in [0, 0.05) is 22.2 Å². The Morgan fingerprint density at radius 1 is 1.35 bits per heavy atom. The topological polar surface area (TPSA) is 79.4 Å². The van der Waals surface area contributed by atoms with Crippen molar-refractivity contribution >= 4 is 28.4 Å². The number of rotatable bonds is 4. The molecule has 0 radical (unpaired) electrons. The van der Waals surface area contributed by atoms with Crippen LogP contribution in [0.5, 0.6) is 0 Å². The number of pyridine rings is 1. The van der Waals surface area contributed by atoms with E-state index in [1.54, 1.807) is 6.20 Å². The molecule has 1 aromatic heterocycles. The second-order valence-corrected chi connectivity index (χ2v) is 4.76. The Kier molecular flexibility index (Phi) is 3.83. The number of anilines is 1. The first kappa shape index (κ1) is 12.2. The Morgan fingerprint density at radius 3 is 2.94 bits per heavy atom. The van der Waals surface area contributed by atoms with Crippen molar-refractivity contribution < 1.29 is 10.2 Å². The van der Waals surface area contributed by atoms with Crippen LogP contribution in [0.4, 0.5) is 5.69 Å². The molecule has 17 heavy (non-hydrogen) atoms. The minimum Gasteiger partial charge on any atom is -0.397 e. The third kappa shape index (κ3) is 2.69. The molecule has 4 N–H and O–H groups in total. The van der Waals surface area contributed by atoms with Crippen molar-refractivity contribution in [3.05, 3.63) is 30.5 Å². The number of nitrogens with two attached hydrogens (primary N) is 1. The predicted molar refractivity (Wildman–Crippen MR) is 70.0 cm³/mol. The maximum absolute atomic E-state index is 9.30. The third-order valence-electron chi connectivity index (χ3n) is 2.43. The molecule has 0 bridgehead atoms. The van der Waals surface area contributed by atoms with E-state index < -0.39 is 6.10 Å². The van der Waals surface area contributed by atoms with E-state index in [1.807, 2.05) is 24.3 Å². The van der Waals surface area contributed by atoms with Crippen LogP contribution >= 0.6 is 11.8 Å². The number of aliphatic hydroxyl groups excluding tert-OH is 2. The van der Waals surface area contributed by atoms with Crippen molar-refractivity contribution in [2.45, 2.75) is 11.0 Å². The van der Waals surface area contributed by atoms with Gasteiger partial charge in [-0.2, -0.15) is 0 Å². The lowest BCUT2D eigenvalue weighted by Crippen LogP contribution is -2.14. The molecular formula is C12H14N2O2S. The molecule has 0 saturated heterocycles. The number of nitrogens with zero attached hydrogens (tertiary/aromatic N) is 1. The SMILES string of the molecule is Nc1c(SCC(O)CO)ccc2ncccc12. The molecule has 0 aliphatic carbocycles. The van der Waals surface area contributed by atoms with Gasteiger partial charge in [-0.05, 0) is 24.3 Å². The van der Waals surface area contributed by atoms with Crippen LogP contribution in [-0.2, 0) is 0 Å². The number of thioether (sulfide) groups is 1.